The van der Waals surface area contributed by atoms with Gasteiger partial charge in [0, 0.05) is 18.0 Å². The van der Waals surface area contributed by atoms with Crippen LogP contribution in [0.1, 0.15) is 26.7 Å². The van der Waals surface area contributed by atoms with Crippen LogP contribution in [0.15, 0.2) is 0 Å². The SMILES string of the molecule is CC[C@]1(C)CC(C(F)F)CN1C. The maximum Gasteiger partial charge on any atom is 0.242 e. The van der Waals surface area contributed by atoms with Crippen LogP contribution in [-0.4, -0.2) is 30.5 Å². The van der Waals surface area contributed by atoms with Crippen LogP contribution in [-0.2, 0) is 0 Å². The maximum atomic E-state index is 12.4. The molecule has 0 bridgehead atoms. The van der Waals surface area contributed by atoms with Crippen molar-refractivity contribution in [2.45, 2.75) is 38.7 Å². The number of likely N-dealkylation sites (tertiary alicyclic amines) is 1. The second kappa shape index (κ2) is 3.29. The maximum absolute atomic E-state index is 12.4. The van der Waals surface area contributed by atoms with Crippen molar-refractivity contribution in [1.29, 1.82) is 0 Å². The first kappa shape index (κ1) is 9.90. The average Bonchev–Trinajstić information content (AvgIpc) is 2.30. The molecule has 1 saturated heterocycles. The molecule has 0 aliphatic carbocycles. The first-order valence-corrected chi connectivity index (χ1v) is 4.49. The Morgan fingerprint density at radius 2 is 2.17 bits per heavy atom. The molecule has 0 N–H and O–H groups in total. The van der Waals surface area contributed by atoms with E-state index >= 15 is 0 Å². The summed E-state index contributed by atoms with van der Waals surface area (Å²) in [7, 11) is 1.94. The molecule has 2 atom stereocenters. The van der Waals surface area contributed by atoms with E-state index in [2.05, 4.69) is 18.7 Å². The molecule has 72 valence electrons. The number of rotatable bonds is 2. The Morgan fingerprint density at radius 3 is 2.42 bits per heavy atom. The standard InChI is InChI=1S/C9H17F2N/c1-4-9(2)5-7(8(10)11)6-12(9)3/h7-8H,4-6H2,1-3H3/t7?,9-/m1/s1. The van der Waals surface area contributed by atoms with Crippen molar-refractivity contribution in [3.8, 4) is 0 Å². The van der Waals surface area contributed by atoms with Crippen LogP contribution in [0.4, 0.5) is 8.78 Å². The third-order valence-corrected chi connectivity index (χ3v) is 3.25. The fourth-order valence-corrected chi connectivity index (χ4v) is 1.94. The van der Waals surface area contributed by atoms with Crippen molar-refractivity contribution < 1.29 is 8.78 Å². The normalized spacial score (nSPS) is 38.0. The molecule has 1 unspecified atom stereocenters. The first-order valence-electron chi connectivity index (χ1n) is 4.49. The molecule has 1 heterocycles. The van der Waals surface area contributed by atoms with Crippen LogP contribution in [0.25, 0.3) is 0 Å². The molecule has 1 aliphatic heterocycles. The predicted molar refractivity (Wildman–Crippen MR) is 45.4 cm³/mol. The molecule has 12 heavy (non-hydrogen) atoms. The molecule has 1 aliphatic rings. The first-order chi connectivity index (χ1) is 5.49. The van der Waals surface area contributed by atoms with E-state index in [9.17, 15) is 8.78 Å². The van der Waals surface area contributed by atoms with Gasteiger partial charge in [0.1, 0.15) is 0 Å². The van der Waals surface area contributed by atoms with Gasteiger partial charge < -0.3 is 4.90 Å². The van der Waals surface area contributed by atoms with Crippen LogP contribution >= 0.6 is 0 Å². The molecule has 1 nitrogen and oxygen atoms in total. The molecule has 0 aromatic carbocycles. The molecule has 0 amide bonds. The van der Waals surface area contributed by atoms with E-state index in [4.69, 9.17) is 0 Å². The third-order valence-electron chi connectivity index (χ3n) is 3.25. The van der Waals surface area contributed by atoms with Gasteiger partial charge in [0.15, 0.2) is 0 Å². The zero-order chi connectivity index (χ0) is 9.35. The van der Waals surface area contributed by atoms with Crippen LogP contribution in [0, 0.1) is 5.92 Å². The van der Waals surface area contributed by atoms with Crippen LogP contribution in [0.2, 0.25) is 0 Å². The van der Waals surface area contributed by atoms with E-state index in [1.165, 1.54) is 0 Å². The van der Waals surface area contributed by atoms with E-state index in [1.54, 1.807) is 0 Å². The van der Waals surface area contributed by atoms with Gasteiger partial charge in [-0.15, -0.1) is 0 Å². The quantitative estimate of drug-likeness (QED) is 0.626. The Kier molecular flexibility index (Phi) is 2.71. The van der Waals surface area contributed by atoms with E-state index in [-0.39, 0.29) is 5.54 Å². The van der Waals surface area contributed by atoms with Gasteiger partial charge in [-0.3, -0.25) is 0 Å². The average molecular weight is 177 g/mol. The lowest BCUT2D eigenvalue weighted by Gasteiger charge is -2.30. The Morgan fingerprint density at radius 1 is 1.58 bits per heavy atom. The Balaban J connectivity index is 2.61. The van der Waals surface area contributed by atoms with Crippen molar-refractivity contribution in [2.75, 3.05) is 13.6 Å². The van der Waals surface area contributed by atoms with Gasteiger partial charge >= 0.3 is 0 Å². The van der Waals surface area contributed by atoms with Gasteiger partial charge in [0.2, 0.25) is 6.43 Å². The topological polar surface area (TPSA) is 3.24 Å². The molecule has 0 aromatic heterocycles. The fourth-order valence-electron chi connectivity index (χ4n) is 1.94. The number of hydrogen-bond donors (Lipinski definition) is 0. The summed E-state index contributed by atoms with van der Waals surface area (Å²) in [5, 5.41) is 0. The van der Waals surface area contributed by atoms with Crippen molar-refractivity contribution in [3.63, 3.8) is 0 Å². The number of halogens is 2. The Bertz CT molecular complexity index is 161. The fraction of sp³-hybridized carbons (Fsp3) is 1.00. The van der Waals surface area contributed by atoms with Gasteiger partial charge in [0.25, 0.3) is 0 Å². The van der Waals surface area contributed by atoms with E-state index in [0.29, 0.717) is 13.0 Å². The lowest BCUT2D eigenvalue weighted by molar-refractivity contribution is 0.0818. The zero-order valence-corrected chi connectivity index (χ0v) is 7.98. The summed E-state index contributed by atoms with van der Waals surface area (Å²) in [6.45, 7) is 4.67. The molecule has 1 fully saturated rings. The highest BCUT2D eigenvalue weighted by atomic mass is 19.3. The smallest absolute Gasteiger partial charge is 0.242 e. The lowest BCUT2D eigenvalue weighted by Crippen LogP contribution is -2.37. The minimum atomic E-state index is -2.15. The van der Waals surface area contributed by atoms with Gasteiger partial charge in [-0.05, 0) is 26.8 Å². The summed E-state index contributed by atoms with van der Waals surface area (Å²) in [5.74, 6) is -0.417. The minimum Gasteiger partial charge on any atom is -0.300 e. The number of nitrogens with zero attached hydrogens (tertiary/aromatic N) is 1. The van der Waals surface area contributed by atoms with E-state index < -0.39 is 12.3 Å². The predicted octanol–water partition coefficient (Wildman–Crippen LogP) is 2.37. The highest BCUT2D eigenvalue weighted by Crippen LogP contribution is 2.36. The summed E-state index contributed by atoms with van der Waals surface area (Å²) < 4.78 is 24.7. The summed E-state index contributed by atoms with van der Waals surface area (Å²) in [5.41, 5.74) is 0.00109. The zero-order valence-electron chi connectivity index (χ0n) is 7.98. The van der Waals surface area contributed by atoms with Crippen molar-refractivity contribution in [1.82, 2.24) is 4.90 Å². The minimum absolute atomic E-state index is 0.00109. The van der Waals surface area contributed by atoms with Gasteiger partial charge in [-0.25, -0.2) is 8.78 Å². The second-order valence-electron chi connectivity index (χ2n) is 4.03. The van der Waals surface area contributed by atoms with Crippen LogP contribution < -0.4 is 0 Å². The molecule has 0 spiro atoms. The number of alkyl halides is 2. The summed E-state index contributed by atoms with van der Waals surface area (Å²) in [6.07, 6.45) is -0.564. The van der Waals surface area contributed by atoms with Crippen LogP contribution in [0.5, 0.6) is 0 Å². The summed E-state index contributed by atoms with van der Waals surface area (Å²) in [6, 6.07) is 0. The molecule has 0 saturated carbocycles. The Hall–Kier alpha value is -0.180. The van der Waals surface area contributed by atoms with Gasteiger partial charge in [-0.1, -0.05) is 6.92 Å². The highest BCUT2D eigenvalue weighted by molar-refractivity contribution is 4.94. The summed E-state index contributed by atoms with van der Waals surface area (Å²) >= 11 is 0. The lowest BCUT2D eigenvalue weighted by atomic mass is 9.92. The van der Waals surface area contributed by atoms with Crippen molar-refractivity contribution in [3.05, 3.63) is 0 Å². The molecule has 3 heteroatoms. The number of hydrogen-bond acceptors (Lipinski definition) is 1. The summed E-state index contributed by atoms with van der Waals surface area (Å²) in [4.78, 5) is 2.06. The largest absolute Gasteiger partial charge is 0.300 e. The van der Waals surface area contributed by atoms with Gasteiger partial charge in [-0.2, -0.15) is 0 Å². The monoisotopic (exact) mass is 177 g/mol. The Labute approximate surface area is 72.7 Å². The van der Waals surface area contributed by atoms with E-state index in [0.717, 1.165) is 6.42 Å². The molecule has 0 radical (unpaired) electrons. The van der Waals surface area contributed by atoms with E-state index in [1.807, 2.05) is 7.05 Å². The molecular weight excluding hydrogens is 160 g/mol. The van der Waals surface area contributed by atoms with Gasteiger partial charge in [0.05, 0.1) is 0 Å². The van der Waals surface area contributed by atoms with Crippen LogP contribution in [0.3, 0.4) is 0 Å². The third kappa shape index (κ3) is 1.60. The van der Waals surface area contributed by atoms with Crippen molar-refractivity contribution >= 4 is 0 Å². The highest BCUT2D eigenvalue weighted by Gasteiger charge is 2.41. The molecular formula is C9H17F2N. The molecule has 0 aromatic rings. The second-order valence-corrected chi connectivity index (χ2v) is 4.03. The molecule has 1 rings (SSSR count). The van der Waals surface area contributed by atoms with Crippen molar-refractivity contribution in [2.24, 2.45) is 5.92 Å².